The van der Waals surface area contributed by atoms with Crippen molar-refractivity contribution in [3.05, 3.63) is 42.5 Å². The van der Waals surface area contributed by atoms with Crippen molar-refractivity contribution in [3.8, 4) is 11.5 Å². The van der Waals surface area contributed by atoms with Gasteiger partial charge in [0, 0.05) is 12.6 Å². The number of carbonyl (C=O) groups excluding carboxylic acids is 2. The maximum atomic E-state index is 12.4. The Morgan fingerprint density at radius 3 is 2.65 bits per heavy atom. The number of hydrogen-bond donors (Lipinski definition) is 1. The van der Waals surface area contributed by atoms with Crippen LogP contribution in [0.1, 0.15) is 19.4 Å². The van der Waals surface area contributed by atoms with Gasteiger partial charge in [-0.15, -0.1) is 6.58 Å². The fourth-order valence-electron chi connectivity index (χ4n) is 1.84. The maximum Gasteiger partial charge on any atom is 0.387 e. The summed E-state index contributed by atoms with van der Waals surface area (Å²) in [5.41, 5.74) is 0.510. The Hall–Kier alpha value is -2.90. The van der Waals surface area contributed by atoms with E-state index in [-0.39, 0.29) is 24.7 Å². The smallest absolute Gasteiger partial charge is 0.387 e. The van der Waals surface area contributed by atoms with Crippen molar-refractivity contribution in [2.45, 2.75) is 26.6 Å². The lowest BCUT2D eigenvalue weighted by Gasteiger charge is -2.12. The van der Waals surface area contributed by atoms with Crippen LogP contribution in [0.2, 0.25) is 0 Å². The van der Waals surface area contributed by atoms with Gasteiger partial charge < -0.3 is 19.5 Å². The molecule has 0 aliphatic heterocycles. The van der Waals surface area contributed by atoms with Crippen LogP contribution in [0.5, 0.6) is 11.5 Å². The number of rotatable bonds is 10. The maximum absolute atomic E-state index is 12.4. The summed E-state index contributed by atoms with van der Waals surface area (Å²) < 4.78 is 39.3. The van der Waals surface area contributed by atoms with E-state index >= 15 is 0 Å². The first-order chi connectivity index (χ1) is 12.4. The second kappa shape index (κ2) is 10.9. The molecule has 0 aliphatic carbocycles. The molecule has 0 spiro atoms. The molecule has 0 saturated heterocycles. The van der Waals surface area contributed by atoms with E-state index in [1.165, 1.54) is 37.3 Å². The molecule has 1 rings (SSSR count). The van der Waals surface area contributed by atoms with Crippen LogP contribution in [0.25, 0.3) is 6.08 Å². The first kappa shape index (κ1) is 21.1. The van der Waals surface area contributed by atoms with E-state index in [9.17, 15) is 18.4 Å². The average Bonchev–Trinajstić information content (AvgIpc) is 2.59. The van der Waals surface area contributed by atoms with Crippen LogP contribution >= 0.6 is 0 Å². The number of nitrogens with one attached hydrogen (secondary N) is 1. The number of benzene rings is 1. The van der Waals surface area contributed by atoms with Gasteiger partial charge in [-0.25, -0.2) is 4.79 Å². The second-order valence-corrected chi connectivity index (χ2v) is 4.96. The molecule has 0 bridgehead atoms. The lowest BCUT2D eigenvalue weighted by Crippen LogP contribution is -2.35. The molecular formula is C18H21F2NO5. The summed E-state index contributed by atoms with van der Waals surface area (Å²) in [6.45, 7) is 4.15. The average molecular weight is 369 g/mol. The van der Waals surface area contributed by atoms with Crippen molar-refractivity contribution in [2.75, 3.05) is 13.2 Å². The van der Waals surface area contributed by atoms with Crippen LogP contribution in [-0.4, -0.2) is 37.7 Å². The number of carbonyl (C=O) groups is 2. The molecule has 8 heteroatoms. The molecule has 0 saturated carbocycles. The van der Waals surface area contributed by atoms with Gasteiger partial charge >= 0.3 is 12.6 Å². The molecule has 1 aromatic carbocycles. The topological polar surface area (TPSA) is 73.9 Å². The zero-order valence-corrected chi connectivity index (χ0v) is 14.5. The Kier molecular flexibility index (Phi) is 8.83. The van der Waals surface area contributed by atoms with E-state index in [2.05, 4.69) is 16.6 Å². The van der Waals surface area contributed by atoms with Gasteiger partial charge in [0.25, 0.3) is 5.91 Å². The molecule has 1 atom stereocenters. The lowest BCUT2D eigenvalue weighted by molar-refractivity contribution is -0.150. The largest absolute Gasteiger partial charge is 0.490 e. The number of amides is 1. The van der Waals surface area contributed by atoms with Crippen molar-refractivity contribution in [1.29, 1.82) is 0 Å². The fourth-order valence-corrected chi connectivity index (χ4v) is 1.84. The highest BCUT2D eigenvalue weighted by atomic mass is 19.3. The van der Waals surface area contributed by atoms with Crippen molar-refractivity contribution < 1.29 is 32.6 Å². The molecule has 0 radical (unpaired) electrons. The predicted octanol–water partition coefficient (Wildman–Crippen LogP) is 2.93. The number of esters is 1. The van der Waals surface area contributed by atoms with Crippen molar-refractivity contribution >= 4 is 18.0 Å². The third-order valence-corrected chi connectivity index (χ3v) is 2.98. The van der Waals surface area contributed by atoms with Crippen LogP contribution < -0.4 is 14.8 Å². The van der Waals surface area contributed by atoms with Gasteiger partial charge in [0.2, 0.25) is 0 Å². The first-order valence-corrected chi connectivity index (χ1v) is 7.86. The highest BCUT2D eigenvalue weighted by Crippen LogP contribution is 2.30. The van der Waals surface area contributed by atoms with E-state index in [0.29, 0.717) is 5.56 Å². The molecule has 1 amide bonds. The quantitative estimate of drug-likeness (QED) is 0.390. The SMILES string of the molecule is C=CCNC(=O)[C@@H](C)OC(=O)/C=C/c1ccc(OC(F)F)c(OCC)c1. The Bertz CT molecular complexity index is 661. The number of halogens is 2. The van der Waals surface area contributed by atoms with E-state index < -0.39 is 24.6 Å². The summed E-state index contributed by atoms with van der Waals surface area (Å²) in [5, 5.41) is 2.50. The van der Waals surface area contributed by atoms with Gasteiger partial charge in [-0.2, -0.15) is 8.78 Å². The molecule has 0 aliphatic rings. The zero-order valence-electron chi connectivity index (χ0n) is 14.5. The summed E-state index contributed by atoms with van der Waals surface area (Å²) in [4.78, 5) is 23.4. The third-order valence-electron chi connectivity index (χ3n) is 2.98. The lowest BCUT2D eigenvalue weighted by atomic mass is 10.2. The number of ether oxygens (including phenoxy) is 3. The normalized spacial score (nSPS) is 11.9. The molecular weight excluding hydrogens is 348 g/mol. The fraction of sp³-hybridized carbons (Fsp3) is 0.333. The summed E-state index contributed by atoms with van der Waals surface area (Å²) in [6, 6.07) is 4.24. The van der Waals surface area contributed by atoms with Crippen LogP contribution in [0.15, 0.2) is 36.9 Å². The van der Waals surface area contributed by atoms with Crippen molar-refractivity contribution in [3.63, 3.8) is 0 Å². The number of alkyl halides is 2. The molecule has 1 N–H and O–H groups in total. The summed E-state index contributed by atoms with van der Waals surface area (Å²) >= 11 is 0. The first-order valence-electron chi connectivity index (χ1n) is 7.86. The molecule has 6 nitrogen and oxygen atoms in total. The molecule has 26 heavy (non-hydrogen) atoms. The van der Waals surface area contributed by atoms with E-state index in [1.807, 2.05) is 0 Å². The van der Waals surface area contributed by atoms with Gasteiger partial charge in [0.05, 0.1) is 6.61 Å². The zero-order chi connectivity index (χ0) is 19.5. The summed E-state index contributed by atoms with van der Waals surface area (Å²) in [7, 11) is 0. The molecule has 0 heterocycles. The molecule has 0 unspecified atom stereocenters. The van der Waals surface area contributed by atoms with E-state index in [4.69, 9.17) is 9.47 Å². The van der Waals surface area contributed by atoms with Crippen LogP contribution in [0.4, 0.5) is 8.78 Å². The predicted molar refractivity (Wildman–Crippen MR) is 92.0 cm³/mol. The van der Waals surface area contributed by atoms with Crippen molar-refractivity contribution in [2.24, 2.45) is 0 Å². The standard InChI is InChI=1S/C18H21F2NO5/c1-4-10-21-17(23)12(3)25-16(22)9-7-13-6-8-14(26-18(19)20)15(11-13)24-5-2/h4,6-9,11-12,18H,1,5,10H2,2-3H3,(H,21,23)/b9-7+/t12-/m1/s1. The van der Waals surface area contributed by atoms with Gasteiger partial charge in [-0.05, 0) is 37.6 Å². The highest BCUT2D eigenvalue weighted by molar-refractivity contribution is 5.90. The molecule has 0 fully saturated rings. The Balaban J connectivity index is 2.74. The van der Waals surface area contributed by atoms with Gasteiger partial charge in [0.15, 0.2) is 17.6 Å². The monoisotopic (exact) mass is 369 g/mol. The van der Waals surface area contributed by atoms with Gasteiger partial charge in [0.1, 0.15) is 0 Å². The third kappa shape index (κ3) is 7.33. The Labute approximate surface area is 150 Å². The Morgan fingerprint density at radius 2 is 2.04 bits per heavy atom. The van der Waals surface area contributed by atoms with Crippen LogP contribution in [0, 0.1) is 0 Å². The summed E-state index contributed by atoms with van der Waals surface area (Å²) in [5.74, 6) is -1.15. The molecule has 142 valence electrons. The van der Waals surface area contributed by atoms with E-state index in [1.54, 1.807) is 6.92 Å². The minimum atomic E-state index is -2.97. The minimum absolute atomic E-state index is 0.103. The van der Waals surface area contributed by atoms with Gasteiger partial charge in [-0.3, -0.25) is 4.79 Å². The van der Waals surface area contributed by atoms with Crippen LogP contribution in [0.3, 0.4) is 0 Å². The van der Waals surface area contributed by atoms with E-state index in [0.717, 1.165) is 6.08 Å². The second-order valence-electron chi connectivity index (χ2n) is 4.96. The van der Waals surface area contributed by atoms with Gasteiger partial charge in [-0.1, -0.05) is 12.1 Å². The molecule has 0 aromatic heterocycles. The Morgan fingerprint density at radius 1 is 1.31 bits per heavy atom. The highest BCUT2D eigenvalue weighted by Gasteiger charge is 2.15. The number of hydrogen-bond acceptors (Lipinski definition) is 5. The molecule has 1 aromatic rings. The van der Waals surface area contributed by atoms with Crippen molar-refractivity contribution in [1.82, 2.24) is 5.32 Å². The summed E-state index contributed by atoms with van der Waals surface area (Å²) in [6.07, 6.45) is 3.07. The van der Waals surface area contributed by atoms with Crippen LogP contribution in [-0.2, 0) is 14.3 Å². The minimum Gasteiger partial charge on any atom is -0.490 e.